The number of hydrogen-bond donors (Lipinski definition) is 2. The second kappa shape index (κ2) is 11.7. The van der Waals surface area contributed by atoms with Crippen molar-refractivity contribution in [3.8, 4) is 11.4 Å². The number of carbonyl (C=O) groups is 2. The molecule has 0 bridgehead atoms. The molecule has 2 N–H and O–H groups in total. The molecular weight excluding hydrogens is 468 g/mol. The normalized spacial score (nSPS) is 13.5. The van der Waals surface area contributed by atoms with Crippen molar-refractivity contribution >= 4 is 35.1 Å². The Bertz CT molecular complexity index is 1130. The van der Waals surface area contributed by atoms with Crippen molar-refractivity contribution in [1.29, 1.82) is 0 Å². The molecule has 1 fully saturated rings. The summed E-state index contributed by atoms with van der Waals surface area (Å²) < 4.78 is 5.33. The van der Waals surface area contributed by atoms with Gasteiger partial charge in [0, 0.05) is 75.7 Å². The fourth-order valence-corrected chi connectivity index (χ4v) is 4.00. The molecule has 1 aromatic carbocycles. The van der Waals surface area contributed by atoms with Crippen LogP contribution in [0.1, 0.15) is 19.1 Å². The average molecular weight is 497 g/mol. The Labute approximate surface area is 209 Å². The highest BCUT2D eigenvalue weighted by atomic mass is 35.5. The summed E-state index contributed by atoms with van der Waals surface area (Å²) in [7, 11) is 0. The van der Waals surface area contributed by atoms with Gasteiger partial charge in [0.2, 0.25) is 11.8 Å². The number of carbonyl (C=O) groups excluding carboxylic acids is 2. The number of aryl methyl sites for hydroxylation is 1. The Morgan fingerprint density at radius 3 is 2.51 bits per heavy atom. The molecule has 0 atom stereocenters. The second-order valence-electron chi connectivity index (χ2n) is 8.30. The van der Waals surface area contributed by atoms with Gasteiger partial charge in [-0.25, -0.2) is 9.97 Å². The number of benzene rings is 1. The van der Waals surface area contributed by atoms with Crippen molar-refractivity contribution in [3.05, 3.63) is 59.5 Å². The molecule has 9 nitrogen and oxygen atoms in total. The molecule has 0 saturated carbocycles. The number of furan rings is 1. The average Bonchev–Trinajstić information content (AvgIpc) is 3.39. The zero-order valence-electron chi connectivity index (χ0n) is 19.7. The number of anilines is 2. The van der Waals surface area contributed by atoms with Crippen LogP contribution in [0.2, 0.25) is 5.02 Å². The number of halogens is 1. The molecular formula is C25H29ClN6O3. The molecule has 3 heterocycles. The van der Waals surface area contributed by atoms with Gasteiger partial charge in [0.05, 0.1) is 6.26 Å². The summed E-state index contributed by atoms with van der Waals surface area (Å²) in [5, 5.41) is 6.68. The first-order valence-electron chi connectivity index (χ1n) is 11.7. The Morgan fingerprint density at radius 2 is 1.83 bits per heavy atom. The monoisotopic (exact) mass is 496 g/mol. The van der Waals surface area contributed by atoms with E-state index in [9.17, 15) is 9.59 Å². The number of nitrogens with one attached hydrogen (secondary N) is 2. The van der Waals surface area contributed by atoms with Crippen LogP contribution in [0.3, 0.4) is 0 Å². The van der Waals surface area contributed by atoms with Gasteiger partial charge >= 0.3 is 0 Å². The minimum Gasteiger partial charge on any atom is -0.469 e. The van der Waals surface area contributed by atoms with E-state index in [2.05, 4.69) is 20.5 Å². The van der Waals surface area contributed by atoms with Crippen LogP contribution < -0.4 is 15.5 Å². The zero-order chi connectivity index (χ0) is 24.6. The molecule has 184 valence electrons. The van der Waals surface area contributed by atoms with E-state index in [1.165, 1.54) is 6.92 Å². The van der Waals surface area contributed by atoms with Crippen LogP contribution >= 0.6 is 11.6 Å². The number of hydrogen-bond acceptors (Lipinski definition) is 7. The molecule has 0 aliphatic carbocycles. The Balaban J connectivity index is 1.43. The molecule has 1 aliphatic rings. The maximum Gasteiger partial charge on any atom is 0.223 e. The van der Waals surface area contributed by atoms with Crippen LogP contribution in [0.25, 0.3) is 11.4 Å². The van der Waals surface area contributed by atoms with Gasteiger partial charge in [-0.05, 0) is 36.4 Å². The topological polar surface area (TPSA) is 104 Å². The van der Waals surface area contributed by atoms with Gasteiger partial charge in [-0.1, -0.05) is 11.6 Å². The molecule has 4 rings (SSSR count). The van der Waals surface area contributed by atoms with E-state index in [0.717, 1.165) is 17.1 Å². The first kappa shape index (κ1) is 24.5. The predicted octanol–water partition coefficient (Wildman–Crippen LogP) is 3.22. The lowest BCUT2D eigenvalue weighted by Crippen LogP contribution is -2.49. The second-order valence-corrected chi connectivity index (χ2v) is 8.74. The van der Waals surface area contributed by atoms with Crippen LogP contribution in [0, 0.1) is 0 Å². The third kappa shape index (κ3) is 6.95. The molecule has 1 aliphatic heterocycles. The molecule has 2 amide bonds. The van der Waals surface area contributed by atoms with E-state index in [1.54, 1.807) is 6.26 Å². The molecule has 1 saturated heterocycles. The van der Waals surface area contributed by atoms with Crippen LogP contribution in [-0.4, -0.2) is 66.0 Å². The smallest absolute Gasteiger partial charge is 0.223 e. The maximum absolute atomic E-state index is 12.6. The van der Waals surface area contributed by atoms with E-state index in [0.29, 0.717) is 68.8 Å². The molecule has 0 radical (unpaired) electrons. The summed E-state index contributed by atoms with van der Waals surface area (Å²) in [6.45, 7) is 5.12. The first-order valence-corrected chi connectivity index (χ1v) is 12.0. The Hall–Kier alpha value is -3.59. The number of aromatic nitrogens is 2. The lowest BCUT2D eigenvalue weighted by molar-refractivity contribution is -0.131. The maximum atomic E-state index is 12.6. The van der Waals surface area contributed by atoms with E-state index in [4.69, 9.17) is 21.0 Å². The summed E-state index contributed by atoms with van der Waals surface area (Å²) in [5.74, 6) is 2.92. The van der Waals surface area contributed by atoms with E-state index < -0.39 is 0 Å². The van der Waals surface area contributed by atoms with Gasteiger partial charge < -0.3 is 24.9 Å². The van der Waals surface area contributed by atoms with Crippen molar-refractivity contribution in [2.45, 2.75) is 19.8 Å². The lowest BCUT2D eigenvalue weighted by Gasteiger charge is -2.35. The summed E-state index contributed by atoms with van der Waals surface area (Å²) in [5.41, 5.74) is 0.855. The van der Waals surface area contributed by atoms with Crippen LogP contribution in [0.5, 0.6) is 0 Å². The fourth-order valence-electron chi connectivity index (χ4n) is 3.87. The molecule has 3 aromatic rings. The van der Waals surface area contributed by atoms with E-state index in [1.807, 2.05) is 47.4 Å². The largest absolute Gasteiger partial charge is 0.469 e. The predicted molar refractivity (Wildman–Crippen MR) is 135 cm³/mol. The van der Waals surface area contributed by atoms with Crippen molar-refractivity contribution in [2.75, 3.05) is 49.5 Å². The highest BCUT2D eigenvalue weighted by Crippen LogP contribution is 2.25. The number of piperazine rings is 1. The molecule has 2 aromatic heterocycles. The van der Waals surface area contributed by atoms with E-state index >= 15 is 0 Å². The molecule has 0 spiro atoms. The van der Waals surface area contributed by atoms with Crippen LogP contribution in [-0.2, 0) is 16.0 Å². The van der Waals surface area contributed by atoms with Gasteiger partial charge in [-0.2, -0.15) is 0 Å². The lowest BCUT2D eigenvalue weighted by atomic mass is 10.2. The van der Waals surface area contributed by atoms with Crippen LogP contribution in [0.4, 0.5) is 11.6 Å². The van der Waals surface area contributed by atoms with Crippen molar-refractivity contribution in [3.63, 3.8) is 0 Å². The third-order valence-corrected chi connectivity index (χ3v) is 5.99. The highest BCUT2D eigenvalue weighted by Gasteiger charge is 2.23. The minimum atomic E-state index is -0.0754. The van der Waals surface area contributed by atoms with E-state index in [-0.39, 0.29) is 11.8 Å². The molecule has 35 heavy (non-hydrogen) atoms. The standard InChI is InChI=1S/C25H29ClN6O3/c1-18(33)27-10-11-28-22-17-23(30-25(29-22)19-4-6-20(26)7-5-19)31-12-14-32(15-13-31)24(34)9-8-21-3-2-16-35-21/h2-7,16-17H,8-15H2,1H3,(H,27,33)(H,28,29,30). The fraction of sp³-hybridized carbons (Fsp3) is 0.360. The minimum absolute atomic E-state index is 0.0754. The van der Waals surface area contributed by atoms with Crippen molar-refractivity contribution in [1.82, 2.24) is 20.2 Å². The quantitative estimate of drug-likeness (QED) is 0.438. The summed E-state index contributed by atoms with van der Waals surface area (Å²) >= 11 is 6.05. The Morgan fingerprint density at radius 1 is 1.06 bits per heavy atom. The number of amides is 2. The van der Waals surface area contributed by atoms with Crippen molar-refractivity contribution in [2.24, 2.45) is 0 Å². The number of nitrogens with zero attached hydrogens (tertiary/aromatic N) is 4. The molecule has 10 heteroatoms. The Kier molecular flexibility index (Phi) is 8.20. The van der Waals surface area contributed by atoms with Gasteiger partial charge in [0.25, 0.3) is 0 Å². The SMILES string of the molecule is CC(=O)NCCNc1cc(N2CCN(C(=O)CCc3ccco3)CC2)nc(-c2ccc(Cl)cc2)n1. The number of rotatable bonds is 9. The van der Waals surface area contributed by atoms with Gasteiger partial charge in [-0.3, -0.25) is 9.59 Å². The summed E-state index contributed by atoms with van der Waals surface area (Å²) in [4.78, 5) is 37.3. The summed E-state index contributed by atoms with van der Waals surface area (Å²) in [6.07, 6.45) is 2.67. The first-order chi connectivity index (χ1) is 17.0. The van der Waals surface area contributed by atoms with Gasteiger partial charge in [0.1, 0.15) is 17.4 Å². The zero-order valence-corrected chi connectivity index (χ0v) is 20.4. The summed E-state index contributed by atoms with van der Waals surface area (Å²) in [6, 6.07) is 13.0. The molecule has 0 unspecified atom stereocenters. The van der Waals surface area contributed by atoms with Gasteiger partial charge in [-0.15, -0.1) is 0 Å². The van der Waals surface area contributed by atoms with Crippen molar-refractivity contribution < 1.29 is 14.0 Å². The van der Waals surface area contributed by atoms with Gasteiger partial charge in [0.15, 0.2) is 5.82 Å². The highest BCUT2D eigenvalue weighted by molar-refractivity contribution is 6.30. The third-order valence-electron chi connectivity index (χ3n) is 5.74. The van der Waals surface area contributed by atoms with Crippen LogP contribution in [0.15, 0.2) is 53.1 Å².